The number of nitrogens with zero attached hydrogens (tertiary/aromatic N) is 5. The minimum Gasteiger partial charge on any atom is -0.378 e. The van der Waals surface area contributed by atoms with Gasteiger partial charge >= 0.3 is 0 Å². The third-order valence-corrected chi connectivity index (χ3v) is 6.11. The van der Waals surface area contributed by atoms with Crippen LogP contribution in [0.4, 0.5) is 0 Å². The van der Waals surface area contributed by atoms with Gasteiger partial charge in [0.2, 0.25) is 11.8 Å². The summed E-state index contributed by atoms with van der Waals surface area (Å²) in [5.74, 6) is 0.256. The van der Waals surface area contributed by atoms with Crippen molar-refractivity contribution in [2.75, 3.05) is 52.5 Å². The third kappa shape index (κ3) is 4.00. The Morgan fingerprint density at radius 3 is 2.24 bits per heavy atom. The van der Waals surface area contributed by atoms with Gasteiger partial charge in [0.05, 0.1) is 36.6 Å². The van der Waals surface area contributed by atoms with Crippen molar-refractivity contribution >= 4 is 22.8 Å². The second kappa shape index (κ2) is 8.51. The number of imidazole rings is 1. The SMILES string of the molecule is CC(C(=O)N1CCOCC1)N1CCN(C(=O)C(C)n2cnc3ccccc32)CC1. The second-order valence-corrected chi connectivity index (χ2v) is 7.79. The fraction of sp³-hybridized carbons (Fsp3) is 0.571. The van der Waals surface area contributed by atoms with E-state index >= 15 is 0 Å². The molecule has 0 N–H and O–H groups in total. The Morgan fingerprint density at radius 1 is 0.897 bits per heavy atom. The molecule has 0 bridgehead atoms. The van der Waals surface area contributed by atoms with Crippen molar-refractivity contribution < 1.29 is 14.3 Å². The molecule has 0 radical (unpaired) electrons. The molecule has 1 aromatic carbocycles. The van der Waals surface area contributed by atoms with Crippen LogP contribution in [0.2, 0.25) is 0 Å². The van der Waals surface area contributed by atoms with Gasteiger partial charge in [-0.25, -0.2) is 4.98 Å². The molecule has 156 valence electrons. The first-order valence-corrected chi connectivity index (χ1v) is 10.4. The summed E-state index contributed by atoms with van der Waals surface area (Å²) >= 11 is 0. The van der Waals surface area contributed by atoms with Gasteiger partial charge in [0, 0.05) is 39.3 Å². The van der Waals surface area contributed by atoms with E-state index in [9.17, 15) is 9.59 Å². The smallest absolute Gasteiger partial charge is 0.245 e. The largest absolute Gasteiger partial charge is 0.378 e. The van der Waals surface area contributed by atoms with Gasteiger partial charge < -0.3 is 19.1 Å². The summed E-state index contributed by atoms with van der Waals surface area (Å²) in [7, 11) is 0. The molecule has 8 nitrogen and oxygen atoms in total. The molecule has 4 rings (SSSR count). The van der Waals surface area contributed by atoms with E-state index in [0.29, 0.717) is 52.5 Å². The molecule has 0 spiro atoms. The number of carbonyl (C=O) groups excluding carboxylic acids is 2. The van der Waals surface area contributed by atoms with Gasteiger partial charge in [-0.15, -0.1) is 0 Å². The minimum absolute atomic E-state index is 0.0972. The highest BCUT2D eigenvalue weighted by Crippen LogP contribution is 2.20. The second-order valence-electron chi connectivity index (χ2n) is 7.79. The predicted molar refractivity (Wildman–Crippen MR) is 109 cm³/mol. The Labute approximate surface area is 171 Å². The fourth-order valence-electron chi connectivity index (χ4n) is 4.20. The molecule has 0 aliphatic carbocycles. The first-order valence-electron chi connectivity index (χ1n) is 10.4. The average molecular weight is 399 g/mol. The van der Waals surface area contributed by atoms with E-state index in [1.54, 1.807) is 6.33 Å². The van der Waals surface area contributed by atoms with Crippen LogP contribution in [0.15, 0.2) is 30.6 Å². The molecule has 29 heavy (non-hydrogen) atoms. The quantitative estimate of drug-likeness (QED) is 0.767. The monoisotopic (exact) mass is 399 g/mol. The molecule has 2 fully saturated rings. The number of hydrogen-bond acceptors (Lipinski definition) is 5. The van der Waals surface area contributed by atoms with Gasteiger partial charge in [0.25, 0.3) is 0 Å². The van der Waals surface area contributed by atoms with Crippen molar-refractivity contribution in [1.82, 2.24) is 24.3 Å². The molecule has 2 atom stereocenters. The highest BCUT2D eigenvalue weighted by Gasteiger charge is 2.32. The summed E-state index contributed by atoms with van der Waals surface area (Å²) in [6.07, 6.45) is 1.74. The predicted octanol–water partition coefficient (Wildman–Crippen LogP) is 0.989. The molecule has 2 aromatic rings. The molecule has 3 heterocycles. The molecule has 8 heteroatoms. The Balaban J connectivity index is 1.35. The van der Waals surface area contributed by atoms with Crippen molar-refractivity contribution in [2.24, 2.45) is 0 Å². The molecule has 2 saturated heterocycles. The third-order valence-electron chi connectivity index (χ3n) is 6.11. The van der Waals surface area contributed by atoms with Crippen LogP contribution >= 0.6 is 0 Å². The van der Waals surface area contributed by atoms with Crippen molar-refractivity contribution in [2.45, 2.75) is 25.9 Å². The van der Waals surface area contributed by atoms with Crippen LogP contribution in [-0.2, 0) is 14.3 Å². The number of hydrogen-bond donors (Lipinski definition) is 0. The maximum atomic E-state index is 13.1. The van der Waals surface area contributed by atoms with Crippen LogP contribution in [0.25, 0.3) is 11.0 Å². The summed E-state index contributed by atoms with van der Waals surface area (Å²) in [6, 6.07) is 7.38. The van der Waals surface area contributed by atoms with E-state index in [4.69, 9.17) is 4.74 Å². The number of amides is 2. The van der Waals surface area contributed by atoms with Crippen molar-refractivity contribution in [1.29, 1.82) is 0 Å². The highest BCUT2D eigenvalue weighted by molar-refractivity contribution is 5.84. The van der Waals surface area contributed by atoms with Crippen molar-refractivity contribution in [3.8, 4) is 0 Å². The van der Waals surface area contributed by atoms with Crippen LogP contribution in [0, 0.1) is 0 Å². The van der Waals surface area contributed by atoms with Crippen molar-refractivity contribution in [3.63, 3.8) is 0 Å². The number of benzene rings is 1. The lowest BCUT2D eigenvalue weighted by Crippen LogP contribution is -2.57. The summed E-state index contributed by atoms with van der Waals surface area (Å²) in [5.41, 5.74) is 1.86. The zero-order valence-electron chi connectivity index (χ0n) is 17.2. The Hall–Kier alpha value is -2.45. The summed E-state index contributed by atoms with van der Waals surface area (Å²) in [5, 5.41) is 0. The van der Waals surface area contributed by atoms with Crippen LogP contribution < -0.4 is 0 Å². The normalized spacial score (nSPS) is 20.6. The number of aromatic nitrogens is 2. The van der Waals surface area contributed by atoms with E-state index in [1.807, 2.05) is 52.5 Å². The molecular weight excluding hydrogens is 370 g/mol. The Morgan fingerprint density at radius 2 is 1.52 bits per heavy atom. The Bertz CT molecular complexity index is 868. The number of ether oxygens (including phenoxy) is 1. The number of piperazine rings is 1. The van der Waals surface area contributed by atoms with E-state index in [-0.39, 0.29) is 23.9 Å². The average Bonchev–Trinajstić information content (AvgIpc) is 3.22. The standard InChI is InChI=1S/C21H29N5O3/c1-16(20(27)25-11-13-29-14-12-25)23-7-9-24(10-8-23)21(28)17(2)26-15-22-18-5-3-4-6-19(18)26/h3-6,15-17H,7-14H2,1-2H3. The van der Waals surface area contributed by atoms with Gasteiger partial charge in [-0.05, 0) is 26.0 Å². The number of carbonyl (C=O) groups is 2. The topological polar surface area (TPSA) is 70.9 Å². The maximum Gasteiger partial charge on any atom is 0.245 e. The van der Waals surface area contributed by atoms with Gasteiger partial charge in [-0.3, -0.25) is 14.5 Å². The molecule has 0 saturated carbocycles. The first kappa shape index (κ1) is 19.8. The van der Waals surface area contributed by atoms with E-state index in [1.165, 1.54) is 0 Å². The van der Waals surface area contributed by atoms with Crippen LogP contribution in [0.1, 0.15) is 19.9 Å². The molecule has 2 aliphatic heterocycles. The van der Waals surface area contributed by atoms with Crippen molar-refractivity contribution in [3.05, 3.63) is 30.6 Å². The summed E-state index contributed by atoms with van der Waals surface area (Å²) in [4.78, 5) is 36.2. The lowest BCUT2D eigenvalue weighted by atomic mass is 10.1. The zero-order chi connectivity index (χ0) is 20.4. The van der Waals surface area contributed by atoms with E-state index in [0.717, 1.165) is 11.0 Å². The van der Waals surface area contributed by atoms with Gasteiger partial charge in [-0.1, -0.05) is 12.1 Å². The van der Waals surface area contributed by atoms with E-state index < -0.39 is 0 Å². The van der Waals surface area contributed by atoms with Gasteiger partial charge in [0.1, 0.15) is 6.04 Å². The molecular formula is C21H29N5O3. The minimum atomic E-state index is -0.304. The maximum absolute atomic E-state index is 13.1. The zero-order valence-corrected chi connectivity index (χ0v) is 17.2. The lowest BCUT2D eigenvalue weighted by molar-refractivity contribution is -0.142. The van der Waals surface area contributed by atoms with Crippen LogP contribution in [-0.4, -0.2) is 94.6 Å². The summed E-state index contributed by atoms with van der Waals surface area (Å²) in [6.45, 7) is 9.13. The summed E-state index contributed by atoms with van der Waals surface area (Å²) < 4.78 is 7.28. The Kier molecular flexibility index (Phi) is 5.82. The van der Waals surface area contributed by atoms with Crippen LogP contribution in [0.3, 0.4) is 0 Å². The number of rotatable bonds is 4. The molecule has 2 aliphatic rings. The lowest BCUT2D eigenvalue weighted by Gasteiger charge is -2.40. The van der Waals surface area contributed by atoms with Crippen LogP contribution in [0.5, 0.6) is 0 Å². The number of para-hydroxylation sites is 2. The van der Waals surface area contributed by atoms with Gasteiger partial charge in [-0.2, -0.15) is 0 Å². The first-order chi connectivity index (χ1) is 14.1. The van der Waals surface area contributed by atoms with Gasteiger partial charge in [0.15, 0.2) is 0 Å². The van der Waals surface area contributed by atoms with E-state index in [2.05, 4.69) is 9.88 Å². The molecule has 2 amide bonds. The fourth-order valence-corrected chi connectivity index (χ4v) is 4.20. The molecule has 1 aromatic heterocycles. The number of morpholine rings is 1. The highest BCUT2D eigenvalue weighted by atomic mass is 16.5. The molecule has 2 unspecified atom stereocenters. The number of fused-ring (bicyclic) bond motifs is 1.